The van der Waals surface area contributed by atoms with Gasteiger partial charge in [-0.3, -0.25) is 0 Å². The molecular weight excluding hydrogens is 158 g/mol. The predicted octanol–water partition coefficient (Wildman–Crippen LogP) is 0.190. The van der Waals surface area contributed by atoms with Crippen molar-refractivity contribution in [2.24, 2.45) is 0 Å². The average molecular weight is 158 g/mol. The van der Waals surface area contributed by atoms with Crippen molar-refractivity contribution >= 4 is 0 Å². The van der Waals surface area contributed by atoms with E-state index >= 15 is 0 Å². The molecule has 3 heteroatoms. The second kappa shape index (κ2) is 199. The van der Waals surface area contributed by atoms with Crippen LogP contribution in [0.15, 0.2) is 0 Å². The van der Waals surface area contributed by atoms with Crippen molar-refractivity contribution in [2.45, 2.75) is 0 Å². The van der Waals surface area contributed by atoms with E-state index in [1.807, 2.05) is 0 Å². The third kappa shape index (κ3) is 76.8. The van der Waals surface area contributed by atoms with E-state index in [2.05, 4.69) is 0 Å². The maximum Gasteiger partial charge on any atom is 0.181 e. The van der Waals surface area contributed by atoms with Crippen LogP contribution in [0.2, 0.25) is 0 Å². The van der Waals surface area contributed by atoms with E-state index in [-0.39, 0.29) is 20.4 Å². The van der Waals surface area contributed by atoms with Crippen LogP contribution in [-0.2, 0) is 20.4 Å². The fraction of sp³-hybridized carbons (Fsp3) is 0. The van der Waals surface area contributed by atoms with Gasteiger partial charge in [0, 0.05) is 20.4 Å². The van der Waals surface area contributed by atoms with Gasteiger partial charge in [0.15, 0.2) is 13.1 Å². The van der Waals surface area contributed by atoms with Gasteiger partial charge in [-0.05, 0) is 0 Å². The fourth-order valence-electron chi connectivity index (χ4n) is 0. The Hall–Kier alpha value is -0.358. The summed E-state index contributed by atoms with van der Waals surface area (Å²) in [6, 6.07) is 0. The molecule has 0 aliphatic rings. The van der Waals surface area contributed by atoms with Gasteiger partial charge in [-0.15, -0.1) is 0 Å². The smallest absolute Gasteiger partial charge is 0.181 e. The molecule has 0 aromatic heterocycles. The Bertz CT molecular complexity index is 23.1. The predicted molar refractivity (Wildman–Crippen MR) is 9.94 cm³/mol. The van der Waals surface area contributed by atoms with Crippen molar-refractivity contribution in [1.82, 2.24) is 0 Å². The van der Waals surface area contributed by atoms with Crippen molar-refractivity contribution in [3.8, 4) is 0 Å². The van der Waals surface area contributed by atoms with Crippen LogP contribution >= 0.6 is 0 Å². The molecule has 0 atom stereocenters. The molecule has 0 rings (SSSR count). The summed E-state index contributed by atoms with van der Waals surface area (Å²) in [6.45, 7) is 9.50. The van der Waals surface area contributed by atoms with Crippen molar-refractivity contribution < 1.29 is 20.4 Å². The topological polar surface area (TPSA) is 47.6 Å². The van der Waals surface area contributed by atoms with E-state index < -0.39 is 0 Å². The molecule has 0 N–H and O–H groups in total. The monoisotopic (exact) mass is 158 g/mol. The summed E-state index contributed by atoms with van der Waals surface area (Å²) < 4.78 is 0. The molecule has 28 valence electrons. The first-order valence-corrected chi connectivity index (χ1v) is 0.447. The fourth-order valence-corrected chi connectivity index (χ4v) is 0. The van der Waals surface area contributed by atoms with E-state index in [0.717, 1.165) is 0 Å². The normalized spacial score (nSPS) is 0.800. The summed E-state index contributed by atoms with van der Waals surface area (Å²) in [5.41, 5.74) is 0. The van der Waals surface area contributed by atoms with E-state index in [4.69, 9.17) is 23.7 Å². The van der Waals surface area contributed by atoms with Crippen molar-refractivity contribution in [2.75, 3.05) is 0 Å². The standard InChI is InChI=1S/2CN.Pd/c2*1-2;. The number of hydrogen-bond donors (Lipinski definition) is 0. The van der Waals surface area contributed by atoms with E-state index in [9.17, 15) is 0 Å². The minimum absolute atomic E-state index is 0. The van der Waals surface area contributed by atoms with Gasteiger partial charge in [0.2, 0.25) is 0 Å². The van der Waals surface area contributed by atoms with Gasteiger partial charge in [0.1, 0.15) is 0 Å². The number of nitrogens with zero attached hydrogens (tertiary/aromatic N) is 2. The van der Waals surface area contributed by atoms with Gasteiger partial charge < -0.3 is 0 Å². The molecule has 0 amide bonds. The Balaban J connectivity index is -0.0000000133. The quantitative estimate of drug-likeness (QED) is 0.473. The largest absolute Gasteiger partial charge is 0.181 e. The van der Waals surface area contributed by atoms with Crippen molar-refractivity contribution in [1.29, 1.82) is 10.5 Å². The molecule has 5 heavy (non-hydrogen) atoms. The third-order valence-electron chi connectivity index (χ3n) is 0. The van der Waals surface area contributed by atoms with Gasteiger partial charge in [0.05, 0.1) is 0 Å². The first-order valence-electron chi connectivity index (χ1n) is 0.447. The Morgan fingerprint density at radius 1 is 0.800 bits per heavy atom. The van der Waals surface area contributed by atoms with Crippen molar-refractivity contribution in [3.05, 3.63) is 13.1 Å². The summed E-state index contributed by atoms with van der Waals surface area (Å²) in [5, 5.41) is 12.5. The first-order chi connectivity index (χ1) is 2.00. The van der Waals surface area contributed by atoms with Crippen molar-refractivity contribution in [3.63, 3.8) is 0 Å². The molecule has 0 aliphatic carbocycles. The second-order valence-electron chi connectivity index (χ2n) is 0. The maximum absolute atomic E-state index is 6.25. The molecule has 0 unspecified atom stereocenters. The summed E-state index contributed by atoms with van der Waals surface area (Å²) in [5.74, 6) is 0. The Kier molecular flexibility index (Phi) is 908. The third-order valence-corrected chi connectivity index (χ3v) is 0. The first kappa shape index (κ1) is 22.8. The second-order valence-corrected chi connectivity index (χ2v) is 0. The molecule has 0 fully saturated rings. The zero-order chi connectivity index (χ0) is 4.00. The van der Waals surface area contributed by atoms with Crippen LogP contribution in [0.4, 0.5) is 0 Å². The van der Waals surface area contributed by atoms with E-state index in [0.29, 0.717) is 0 Å². The minimum atomic E-state index is 0. The molecule has 2 radical (unpaired) electrons. The Morgan fingerprint density at radius 2 is 0.800 bits per heavy atom. The molecule has 0 aromatic carbocycles. The van der Waals surface area contributed by atoms with Gasteiger partial charge in [0.25, 0.3) is 0 Å². The molecule has 0 spiro atoms. The Labute approximate surface area is 44.7 Å². The summed E-state index contributed by atoms with van der Waals surface area (Å²) >= 11 is 0. The van der Waals surface area contributed by atoms with E-state index in [1.165, 1.54) is 0 Å². The van der Waals surface area contributed by atoms with Gasteiger partial charge >= 0.3 is 0 Å². The number of hydrogen-bond acceptors (Lipinski definition) is 2. The van der Waals surface area contributed by atoms with Crippen LogP contribution in [0, 0.1) is 23.7 Å². The molecule has 0 saturated carbocycles. The molecule has 0 bridgehead atoms. The SMILES string of the molecule is [C]#N.[C]#N.[Pd]. The van der Waals surface area contributed by atoms with Gasteiger partial charge in [-0.25, -0.2) is 0 Å². The van der Waals surface area contributed by atoms with Crippen LogP contribution in [0.5, 0.6) is 0 Å². The molecule has 0 heterocycles. The molecule has 0 aliphatic heterocycles. The maximum atomic E-state index is 6.25. The molecule has 0 aromatic rings. The number of rotatable bonds is 0. The summed E-state index contributed by atoms with van der Waals surface area (Å²) in [6.07, 6.45) is 0. The molecular formula is C2N2Pd. The van der Waals surface area contributed by atoms with Crippen LogP contribution in [-0.4, -0.2) is 0 Å². The molecule has 2 nitrogen and oxygen atoms in total. The van der Waals surface area contributed by atoms with E-state index in [1.54, 1.807) is 0 Å². The molecule has 0 saturated heterocycles. The zero-order valence-electron chi connectivity index (χ0n) is 2.21. The van der Waals surface area contributed by atoms with Crippen LogP contribution in [0.25, 0.3) is 0 Å². The average Bonchev–Trinajstić information content (AvgIpc) is 1.50. The zero-order valence-corrected chi connectivity index (χ0v) is 3.77. The Morgan fingerprint density at radius 3 is 0.800 bits per heavy atom. The minimum Gasteiger partial charge on any atom is -0.181 e. The van der Waals surface area contributed by atoms with Crippen LogP contribution < -0.4 is 0 Å². The summed E-state index contributed by atoms with van der Waals surface area (Å²) in [4.78, 5) is 0. The summed E-state index contributed by atoms with van der Waals surface area (Å²) in [7, 11) is 0. The van der Waals surface area contributed by atoms with Gasteiger partial charge in [-0.1, -0.05) is 0 Å². The van der Waals surface area contributed by atoms with Gasteiger partial charge in [-0.2, -0.15) is 10.5 Å². The van der Waals surface area contributed by atoms with Crippen LogP contribution in [0.3, 0.4) is 0 Å². The van der Waals surface area contributed by atoms with Crippen LogP contribution in [0.1, 0.15) is 0 Å².